The molecule has 1 aromatic heterocycles. The molecular weight excluding hydrogens is 332 g/mol. The summed E-state index contributed by atoms with van der Waals surface area (Å²) in [7, 11) is -2.49. The standard InChI is InChI=1S/C16H18N2O5S/c1-11-5-7-12(8-6-11)24(21,22)14(13-4-3-9-23-13)10-18-16(20)15(19)17-2/h3-9,14H,10H2,1-2H3,(H,17,19)(H,18,20). The van der Waals surface area contributed by atoms with Gasteiger partial charge in [0.15, 0.2) is 9.84 Å². The van der Waals surface area contributed by atoms with Crippen molar-refractivity contribution in [3.63, 3.8) is 0 Å². The molecule has 2 aromatic rings. The number of nitrogens with one attached hydrogen (secondary N) is 2. The predicted molar refractivity (Wildman–Crippen MR) is 86.9 cm³/mol. The van der Waals surface area contributed by atoms with Gasteiger partial charge in [-0.2, -0.15) is 0 Å². The number of sulfone groups is 1. The largest absolute Gasteiger partial charge is 0.468 e. The van der Waals surface area contributed by atoms with Crippen molar-refractivity contribution in [1.82, 2.24) is 10.6 Å². The average Bonchev–Trinajstić information content (AvgIpc) is 3.08. The summed E-state index contributed by atoms with van der Waals surface area (Å²) in [6.07, 6.45) is 1.35. The van der Waals surface area contributed by atoms with Crippen LogP contribution in [0.4, 0.5) is 0 Å². The van der Waals surface area contributed by atoms with Crippen LogP contribution >= 0.6 is 0 Å². The topological polar surface area (TPSA) is 105 Å². The van der Waals surface area contributed by atoms with E-state index in [0.29, 0.717) is 0 Å². The zero-order chi connectivity index (χ0) is 17.7. The molecule has 0 saturated carbocycles. The van der Waals surface area contributed by atoms with Crippen molar-refractivity contribution in [3.8, 4) is 0 Å². The van der Waals surface area contributed by atoms with Gasteiger partial charge in [0.25, 0.3) is 0 Å². The van der Waals surface area contributed by atoms with Crippen molar-refractivity contribution < 1.29 is 22.4 Å². The third-order valence-electron chi connectivity index (χ3n) is 3.47. The van der Waals surface area contributed by atoms with Gasteiger partial charge in [-0.3, -0.25) is 9.59 Å². The van der Waals surface area contributed by atoms with Gasteiger partial charge in [0, 0.05) is 13.6 Å². The Balaban J connectivity index is 2.31. The van der Waals surface area contributed by atoms with E-state index in [1.165, 1.54) is 31.5 Å². The Morgan fingerprint density at radius 1 is 1.12 bits per heavy atom. The number of hydrogen-bond acceptors (Lipinski definition) is 5. The van der Waals surface area contributed by atoms with E-state index in [2.05, 4.69) is 10.6 Å². The minimum absolute atomic E-state index is 0.115. The molecule has 0 fully saturated rings. The molecule has 0 radical (unpaired) electrons. The molecule has 0 spiro atoms. The molecule has 8 heteroatoms. The Kier molecular flexibility index (Phi) is 5.40. The highest BCUT2D eigenvalue weighted by Gasteiger charge is 2.32. The molecule has 2 rings (SSSR count). The lowest BCUT2D eigenvalue weighted by Gasteiger charge is -2.16. The molecule has 7 nitrogen and oxygen atoms in total. The van der Waals surface area contributed by atoms with Gasteiger partial charge < -0.3 is 15.1 Å². The lowest BCUT2D eigenvalue weighted by Crippen LogP contribution is -2.40. The second-order valence-corrected chi connectivity index (χ2v) is 7.28. The molecule has 0 saturated heterocycles. The molecule has 1 aromatic carbocycles. The highest BCUT2D eigenvalue weighted by Crippen LogP contribution is 2.29. The number of rotatable bonds is 5. The Morgan fingerprint density at radius 2 is 1.79 bits per heavy atom. The fourth-order valence-corrected chi connectivity index (χ4v) is 3.70. The summed E-state index contributed by atoms with van der Waals surface area (Å²) >= 11 is 0. The molecule has 1 unspecified atom stereocenters. The van der Waals surface area contributed by atoms with Crippen LogP contribution in [0.3, 0.4) is 0 Å². The molecule has 1 atom stereocenters. The number of amides is 2. The summed E-state index contributed by atoms with van der Waals surface area (Å²) in [5, 5.41) is 3.36. The Hall–Kier alpha value is -2.61. The first-order chi connectivity index (χ1) is 11.4. The third kappa shape index (κ3) is 3.83. The van der Waals surface area contributed by atoms with Gasteiger partial charge in [-0.25, -0.2) is 8.42 Å². The first-order valence-electron chi connectivity index (χ1n) is 7.20. The van der Waals surface area contributed by atoms with Crippen LogP contribution in [0.15, 0.2) is 52.0 Å². The van der Waals surface area contributed by atoms with Crippen molar-refractivity contribution in [2.75, 3.05) is 13.6 Å². The number of aryl methyl sites for hydroxylation is 1. The molecule has 0 aliphatic rings. The van der Waals surface area contributed by atoms with Gasteiger partial charge >= 0.3 is 11.8 Å². The summed E-state index contributed by atoms with van der Waals surface area (Å²) in [4.78, 5) is 23.0. The summed E-state index contributed by atoms with van der Waals surface area (Å²) in [6.45, 7) is 1.57. The van der Waals surface area contributed by atoms with Gasteiger partial charge in [-0.1, -0.05) is 17.7 Å². The Morgan fingerprint density at radius 3 is 2.33 bits per heavy atom. The lowest BCUT2D eigenvalue weighted by molar-refractivity contribution is -0.138. The Bertz CT molecular complexity index is 811. The smallest absolute Gasteiger partial charge is 0.309 e. The number of benzene rings is 1. The second-order valence-electron chi connectivity index (χ2n) is 5.15. The van der Waals surface area contributed by atoms with E-state index in [-0.39, 0.29) is 17.2 Å². The van der Waals surface area contributed by atoms with Gasteiger partial charge in [0.05, 0.1) is 11.2 Å². The SMILES string of the molecule is CNC(=O)C(=O)NCC(c1ccco1)S(=O)(=O)c1ccc(C)cc1. The van der Waals surface area contributed by atoms with Crippen molar-refractivity contribution in [2.24, 2.45) is 0 Å². The molecule has 0 aliphatic carbocycles. The van der Waals surface area contributed by atoms with Crippen LogP contribution in [0.25, 0.3) is 0 Å². The first-order valence-corrected chi connectivity index (χ1v) is 8.74. The fraction of sp³-hybridized carbons (Fsp3) is 0.250. The van der Waals surface area contributed by atoms with Crippen LogP contribution in [0.2, 0.25) is 0 Å². The maximum Gasteiger partial charge on any atom is 0.309 e. The van der Waals surface area contributed by atoms with Crippen LogP contribution in [0.5, 0.6) is 0 Å². The number of carbonyl (C=O) groups excluding carboxylic acids is 2. The van der Waals surface area contributed by atoms with Crippen LogP contribution in [0, 0.1) is 6.92 Å². The molecule has 24 heavy (non-hydrogen) atoms. The summed E-state index contributed by atoms with van der Waals surface area (Å²) in [5.41, 5.74) is 0.927. The fourth-order valence-electron chi connectivity index (χ4n) is 2.11. The lowest BCUT2D eigenvalue weighted by atomic mass is 10.2. The van der Waals surface area contributed by atoms with E-state index in [9.17, 15) is 18.0 Å². The van der Waals surface area contributed by atoms with Gasteiger partial charge in [0.1, 0.15) is 11.0 Å². The number of likely N-dealkylation sites (N-methyl/N-ethyl adjacent to an activating group) is 1. The Labute approximate surface area is 140 Å². The predicted octanol–water partition coefficient (Wildman–Crippen LogP) is 0.965. The molecular formula is C16H18N2O5S. The molecule has 128 valence electrons. The zero-order valence-corrected chi connectivity index (χ0v) is 14.1. The van der Waals surface area contributed by atoms with E-state index >= 15 is 0 Å². The maximum atomic E-state index is 12.9. The van der Waals surface area contributed by atoms with E-state index < -0.39 is 26.9 Å². The van der Waals surface area contributed by atoms with Crippen LogP contribution in [0.1, 0.15) is 16.6 Å². The van der Waals surface area contributed by atoms with E-state index in [1.807, 2.05) is 6.92 Å². The number of carbonyl (C=O) groups is 2. The number of furan rings is 1. The minimum atomic E-state index is -3.81. The quantitative estimate of drug-likeness (QED) is 0.782. The van der Waals surface area contributed by atoms with Crippen molar-refractivity contribution in [1.29, 1.82) is 0 Å². The molecule has 0 bridgehead atoms. The maximum absolute atomic E-state index is 12.9. The highest BCUT2D eigenvalue weighted by atomic mass is 32.2. The van der Waals surface area contributed by atoms with Crippen LogP contribution in [-0.2, 0) is 19.4 Å². The molecule has 1 heterocycles. The first kappa shape index (κ1) is 17.7. The van der Waals surface area contributed by atoms with Crippen molar-refractivity contribution >= 4 is 21.7 Å². The summed E-state index contributed by atoms with van der Waals surface area (Å²) in [5.74, 6) is -1.57. The number of hydrogen-bond donors (Lipinski definition) is 2. The zero-order valence-electron chi connectivity index (χ0n) is 13.3. The molecule has 2 N–H and O–H groups in total. The van der Waals surface area contributed by atoms with Crippen LogP contribution < -0.4 is 10.6 Å². The minimum Gasteiger partial charge on any atom is -0.468 e. The van der Waals surface area contributed by atoms with E-state index in [4.69, 9.17) is 4.42 Å². The summed E-state index contributed by atoms with van der Waals surface area (Å²) in [6, 6.07) is 9.46. The van der Waals surface area contributed by atoms with Crippen molar-refractivity contribution in [3.05, 3.63) is 54.0 Å². The second kappa shape index (κ2) is 7.31. The van der Waals surface area contributed by atoms with E-state index in [0.717, 1.165) is 5.56 Å². The van der Waals surface area contributed by atoms with Crippen LogP contribution in [-0.4, -0.2) is 33.8 Å². The third-order valence-corrected chi connectivity index (χ3v) is 5.54. The summed E-state index contributed by atoms with van der Waals surface area (Å²) < 4.78 is 31.0. The van der Waals surface area contributed by atoms with E-state index in [1.54, 1.807) is 18.2 Å². The molecule has 0 aliphatic heterocycles. The van der Waals surface area contributed by atoms with Gasteiger partial charge in [-0.15, -0.1) is 0 Å². The van der Waals surface area contributed by atoms with Gasteiger partial charge in [0.2, 0.25) is 0 Å². The monoisotopic (exact) mass is 350 g/mol. The highest BCUT2D eigenvalue weighted by molar-refractivity contribution is 7.91. The van der Waals surface area contributed by atoms with Gasteiger partial charge in [-0.05, 0) is 31.2 Å². The van der Waals surface area contributed by atoms with Crippen molar-refractivity contribution in [2.45, 2.75) is 17.1 Å². The normalized spacial score (nSPS) is 12.4. The molecule has 2 amide bonds. The average molecular weight is 350 g/mol.